The average Bonchev–Trinajstić information content (AvgIpc) is 3.48. The fourth-order valence-corrected chi connectivity index (χ4v) is 6.03. The van der Waals surface area contributed by atoms with Crippen molar-refractivity contribution in [3.63, 3.8) is 0 Å². The Hall–Kier alpha value is -2.00. The molecule has 4 aromatic rings. The highest BCUT2D eigenvalue weighted by molar-refractivity contribution is 7.98. The molecule has 0 aliphatic heterocycles. The summed E-state index contributed by atoms with van der Waals surface area (Å²) in [4.78, 5) is 25.0. The summed E-state index contributed by atoms with van der Waals surface area (Å²) in [5, 5.41) is 8.27. The first-order valence-corrected chi connectivity index (χ1v) is 12.7. The van der Waals surface area contributed by atoms with Crippen molar-refractivity contribution >= 4 is 51.7 Å². The van der Waals surface area contributed by atoms with E-state index < -0.39 is 0 Å². The minimum atomic E-state index is -0.0294. The normalized spacial score (nSPS) is 10.9. The van der Waals surface area contributed by atoms with Gasteiger partial charge in [0.2, 0.25) is 0 Å². The minimum Gasteiger partial charge on any atom is -0.352 e. The minimum absolute atomic E-state index is 0.0294. The zero-order chi connectivity index (χ0) is 20.1. The third-order valence-corrected chi connectivity index (χ3v) is 7.86. The lowest BCUT2D eigenvalue weighted by Crippen LogP contribution is -2.26. The molecule has 0 fully saturated rings. The van der Waals surface area contributed by atoms with E-state index in [1.807, 2.05) is 42.1 Å². The molecule has 4 nitrogen and oxygen atoms in total. The van der Waals surface area contributed by atoms with Gasteiger partial charge in [-0.25, -0.2) is 9.97 Å². The largest absolute Gasteiger partial charge is 0.352 e. The Morgan fingerprint density at radius 3 is 2.86 bits per heavy atom. The number of thiophene rings is 1. The van der Waals surface area contributed by atoms with Gasteiger partial charge < -0.3 is 5.32 Å². The van der Waals surface area contributed by atoms with Crippen molar-refractivity contribution in [2.75, 3.05) is 6.54 Å². The third kappa shape index (κ3) is 5.33. The van der Waals surface area contributed by atoms with Crippen LogP contribution < -0.4 is 5.32 Å². The van der Waals surface area contributed by atoms with Gasteiger partial charge in [-0.15, -0.1) is 45.8 Å². The van der Waals surface area contributed by atoms with Crippen LogP contribution in [0.15, 0.2) is 57.6 Å². The molecule has 0 spiro atoms. The van der Waals surface area contributed by atoms with E-state index in [0.717, 1.165) is 39.0 Å². The number of aromatic nitrogens is 2. The molecule has 0 atom stereocenters. The van der Waals surface area contributed by atoms with Crippen molar-refractivity contribution in [3.05, 3.63) is 73.8 Å². The van der Waals surface area contributed by atoms with E-state index in [4.69, 9.17) is 0 Å². The van der Waals surface area contributed by atoms with Gasteiger partial charge in [-0.2, -0.15) is 0 Å². The van der Waals surface area contributed by atoms with Crippen LogP contribution in [-0.2, 0) is 12.2 Å². The van der Waals surface area contributed by atoms with Gasteiger partial charge in [-0.1, -0.05) is 12.1 Å². The number of nitrogens with one attached hydrogen (secondary N) is 1. The van der Waals surface area contributed by atoms with Gasteiger partial charge in [0, 0.05) is 32.8 Å². The molecule has 0 saturated heterocycles. The Labute approximate surface area is 186 Å². The van der Waals surface area contributed by atoms with E-state index in [1.54, 1.807) is 45.8 Å². The Bertz CT molecular complexity index is 1090. The lowest BCUT2D eigenvalue weighted by Gasteiger charge is -2.09. The van der Waals surface area contributed by atoms with Crippen LogP contribution in [0.1, 0.15) is 25.9 Å². The number of amides is 1. The van der Waals surface area contributed by atoms with Gasteiger partial charge in [0.15, 0.2) is 0 Å². The van der Waals surface area contributed by atoms with Crippen molar-refractivity contribution in [2.24, 2.45) is 0 Å². The molecule has 1 aromatic carbocycles. The highest BCUT2D eigenvalue weighted by atomic mass is 32.2. The zero-order valence-electron chi connectivity index (χ0n) is 15.8. The SMILES string of the molecule is Cc1nc(-c2ccc(CCNC(=O)c3ccccc3SCc3cscn3)s2)cs1. The fourth-order valence-electron chi connectivity index (χ4n) is 2.76. The van der Waals surface area contributed by atoms with Gasteiger partial charge in [-0.05, 0) is 37.6 Å². The average molecular weight is 458 g/mol. The maximum absolute atomic E-state index is 12.7. The zero-order valence-corrected chi connectivity index (χ0v) is 19.0. The monoisotopic (exact) mass is 457 g/mol. The molecule has 0 aliphatic rings. The van der Waals surface area contributed by atoms with Crippen LogP contribution >= 0.6 is 45.8 Å². The molecule has 29 heavy (non-hydrogen) atoms. The number of carbonyl (C=O) groups excluding carboxylic acids is 1. The molecule has 1 N–H and O–H groups in total. The van der Waals surface area contributed by atoms with Gasteiger partial charge in [-0.3, -0.25) is 4.79 Å². The number of carbonyl (C=O) groups is 1. The maximum Gasteiger partial charge on any atom is 0.252 e. The van der Waals surface area contributed by atoms with Crippen LogP contribution in [0, 0.1) is 6.92 Å². The molecule has 0 unspecified atom stereocenters. The highest BCUT2D eigenvalue weighted by Crippen LogP contribution is 2.29. The second-order valence-corrected chi connectivity index (χ2v) is 10.3. The molecule has 148 valence electrons. The third-order valence-electron chi connectivity index (χ3n) is 4.18. The second kappa shape index (κ2) is 9.67. The Morgan fingerprint density at radius 1 is 1.17 bits per heavy atom. The van der Waals surface area contributed by atoms with Gasteiger partial charge >= 0.3 is 0 Å². The lowest BCUT2D eigenvalue weighted by molar-refractivity contribution is 0.0951. The van der Waals surface area contributed by atoms with Gasteiger partial charge in [0.05, 0.1) is 32.3 Å². The topological polar surface area (TPSA) is 54.9 Å². The second-order valence-electron chi connectivity index (χ2n) is 6.29. The van der Waals surface area contributed by atoms with Gasteiger partial charge in [0.25, 0.3) is 5.91 Å². The molecular formula is C21H19N3OS4. The summed E-state index contributed by atoms with van der Waals surface area (Å²) in [6, 6.07) is 12.0. The number of thiazole rings is 2. The smallest absolute Gasteiger partial charge is 0.252 e. The van der Waals surface area contributed by atoms with Crippen LogP contribution in [-0.4, -0.2) is 22.4 Å². The summed E-state index contributed by atoms with van der Waals surface area (Å²) in [5.41, 5.74) is 4.63. The predicted molar refractivity (Wildman–Crippen MR) is 124 cm³/mol. The van der Waals surface area contributed by atoms with Crippen molar-refractivity contribution in [2.45, 2.75) is 24.0 Å². The molecule has 3 aromatic heterocycles. The van der Waals surface area contributed by atoms with Crippen LogP contribution in [0.2, 0.25) is 0 Å². The standard InChI is InChI=1S/C21H19N3OS4/c1-14-24-18(12-27-14)20-7-6-16(29-20)8-9-22-21(25)17-4-2-3-5-19(17)28-11-15-10-26-13-23-15/h2-7,10,12-13H,8-9,11H2,1H3,(H,22,25). The first-order chi connectivity index (χ1) is 14.2. The molecule has 4 rings (SSSR count). The molecular weight excluding hydrogens is 439 g/mol. The van der Waals surface area contributed by atoms with Crippen molar-refractivity contribution < 1.29 is 4.79 Å². The molecule has 3 heterocycles. The number of rotatable bonds is 8. The number of hydrogen-bond acceptors (Lipinski definition) is 7. The number of nitrogens with zero attached hydrogens (tertiary/aromatic N) is 2. The summed E-state index contributed by atoms with van der Waals surface area (Å²) in [5.74, 6) is 0.736. The fraction of sp³-hybridized carbons (Fsp3) is 0.190. The molecule has 0 saturated carbocycles. The Kier molecular flexibility index (Phi) is 6.76. The van der Waals surface area contributed by atoms with Crippen LogP contribution in [0.4, 0.5) is 0 Å². The van der Waals surface area contributed by atoms with Crippen LogP contribution in [0.25, 0.3) is 10.6 Å². The van der Waals surface area contributed by atoms with E-state index >= 15 is 0 Å². The van der Waals surface area contributed by atoms with E-state index in [1.165, 1.54) is 9.75 Å². The predicted octanol–water partition coefficient (Wildman–Crippen LogP) is 5.90. The summed E-state index contributed by atoms with van der Waals surface area (Å²) < 4.78 is 0. The summed E-state index contributed by atoms with van der Waals surface area (Å²) in [6.07, 6.45) is 0.813. The highest BCUT2D eigenvalue weighted by Gasteiger charge is 2.12. The van der Waals surface area contributed by atoms with Crippen LogP contribution in [0.5, 0.6) is 0 Å². The van der Waals surface area contributed by atoms with Crippen LogP contribution in [0.3, 0.4) is 0 Å². The maximum atomic E-state index is 12.7. The van der Waals surface area contributed by atoms with E-state index in [2.05, 4.69) is 32.8 Å². The summed E-state index contributed by atoms with van der Waals surface area (Å²) in [6.45, 7) is 2.63. The summed E-state index contributed by atoms with van der Waals surface area (Å²) >= 11 is 6.64. The van der Waals surface area contributed by atoms with E-state index in [0.29, 0.717) is 6.54 Å². The number of aryl methyl sites for hydroxylation is 1. The first-order valence-electron chi connectivity index (χ1n) is 9.07. The van der Waals surface area contributed by atoms with Gasteiger partial charge in [0.1, 0.15) is 0 Å². The summed E-state index contributed by atoms with van der Waals surface area (Å²) in [7, 11) is 0. The van der Waals surface area contributed by atoms with E-state index in [-0.39, 0.29) is 5.91 Å². The van der Waals surface area contributed by atoms with Crippen molar-refractivity contribution in [1.82, 2.24) is 15.3 Å². The number of benzene rings is 1. The lowest BCUT2D eigenvalue weighted by atomic mass is 10.2. The molecule has 8 heteroatoms. The number of thioether (sulfide) groups is 1. The molecule has 0 aliphatic carbocycles. The van der Waals surface area contributed by atoms with E-state index in [9.17, 15) is 4.79 Å². The van der Waals surface area contributed by atoms with Crippen molar-refractivity contribution in [1.29, 1.82) is 0 Å². The number of hydrogen-bond donors (Lipinski definition) is 1. The molecule has 1 amide bonds. The first kappa shape index (κ1) is 20.3. The van der Waals surface area contributed by atoms with Crippen molar-refractivity contribution in [3.8, 4) is 10.6 Å². The Balaban J connectivity index is 1.32. The quantitative estimate of drug-likeness (QED) is 0.335. The Morgan fingerprint density at radius 2 is 2.07 bits per heavy atom. The molecule has 0 radical (unpaired) electrons. The molecule has 0 bridgehead atoms.